The number of ether oxygens (including phenoxy) is 1. The monoisotopic (exact) mass is 342 g/mol. The van der Waals surface area contributed by atoms with Crippen molar-refractivity contribution in [3.8, 4) is 5.75 Å². The van der Waals surface area contributed by atoms with Gasteiger partial charge >= 0.3 is 12.0 Å². The smallest absolute Gasteiger partial charge is 0.317 e. The van der Waals surface area contributed by atoms with Crippen LogP contribution in [0, 0.1) is 5.41 Å². The van der Waals surface area contributed by atoms with Crippen molar-refractivity contribution >= 4 is 22.8 Å². The molecule has 132 valence electrons. The lowest BCUT2D eigenvalue weighted by molar-refractivity contribution is -0.147. The van der Waals surface area contributed by atoms with Crippen LogP contribution < -0.4 is 10.1 Å². The van der Waals surface area contributed by atoms with Crippen molar-refractivity contribution in [3.63, 3.8) is 0 Å². The van der Waals surface area contributed by atoms with E-state index < -0.39 is 11.4 Å². The van der Waals surface area contributed by atoms with Gasteiger partial charge in [-0.25, -0.2) is 4.79 Å². The molecule has 1 heterocycles. The first-order valence-electron chi connectivity index (χ1n) is 8.25. The molecule has 0 aliphatic carbocycles. The minimum atomic E-state index is -0.867. The third-order valence-electron chi connectivity index (χ3n) is 4.91. The minimum absolute atomic E-state index is 0.223. The molecule has 1 saturated heterocycles. The fourth-order valence-electron chi connectivity index (χ4n) is 3.27. The Hall–Kier alpha value is -2.76. The molecule has 0 bridgehead atoms. The summed E-state index contributed by atoms with van der Waals surface area (Å²) in [6, 6.07) is 11.6. The zero-order chi connectivity index (χ0) is 18.0. The minimum Gasteiger partial charge on any atom is -0.496 e. The van der Waals surface area contributed by atoms with E-state index in [1.54, 1.807) is 18.9 Å². The zero-order valence-corrected chi connectivity index (χ0v) is 14.4. The molecule has 1 aliphatic rings. The number of carbonyl (C=O) groups is 2. The van der Waals surface area contributed by atoms with Gasteiger partial charge in [-0.2, -0.15) is 0 Å². The molecule has 0 aromatic heterocycles. The first-order valence-corrected chi connectivity index (χ1v) is 8.25. The summed E-state index contributed by atoms with van der Waals surface area (Å²) in [4.78, 5) is 25.3. The summed E-state index contributed by atoms with van der Waals surface area (Å²) in [6.07, 6.45) is 0.466. The summed E-state index contributed by atoms with van der Waals surface area (Å²) in [5, 5.41) is 14.3. The Bertz CT molecular complexity index is 820. The number of carboxylic acid groups (broad SMARTS) is 1. The number of amides is 2. The molecule has 1 fully saturated rings. The first kappa shape index (κ1) is 17.1. The van der Waals surface area contributed by atoms with Crippen LogP contribution in [0.25, 0.3) is 10.8 Å². The van der Waals surface area contributed by atoms with Crippen molar-refractivity contribution in [1.29, 1.82) is 0 Å². The number of methoxy groups -OCH3 is 1. The summed E-state index contributed by atoms with van der Waals surface area (Å²) in [5.41, 5.74) is 0.0447. The van der Waals surface area contributed by atoms with E-state index in [2.05, 4.69) is 5.32 Å². The molecule has 1 unspecified atom stereocenters. The number of hydrogen-bond donors (Lipinski definition) is 2. The molecule has 0 spiro atoms. The average molecular weight is 342 g/mol. The van der Waals surface area contributed by atoms with Gasteiger partial charge in [-0.3, -0.25) is 4.79 Å². The molecule has 0 radical (unpaired) electrons. The van der Waals surface area contributed by atoms with Gasteiger partial charge in [-0.05, 0) is 30.2 Å². The number of carboxylic acids is 1. The number of likely N-dealkylation sites (tertiary alicyclic amines) is 1. The predicted molar refractivity (Wildman–Crippen MR) is 94.7 cm³/mol. The molecule has 3 rings (SSSR count). The van der Waals surface area contributed by atoms with Crippen molar-refractivity contribution in [2.75, 3.05) is 20.2 Å². The second-order valence-electron chi connectivity index (χ2n) is 6.66. The number of carbonyl (C=O) groups excluding carboxylic acids is 1. The Morgan fingerprint density at radius 2 is 2.04 bits per heavy atom. The fraction of sp³-hybridized carbons (Fsp3) is 0.368. The number of nitrogens with zero attached hydrogens (tertiary/aromatic N) is 1. The summed E-state index contributed by atoms with van der Waals surface area (Å²) in [7, 11) is 1.61. The maximum atomic E-state index is 12.4. The molecule has 1 atom stereocenters. The van der Waals surface area contributed by atoms with Gasteiger partial charge in [0.2, 0.25) is 0 Å². The zero-order valence-electron chi connectivity index (χ0n) is 14.4. The van der Waals surface area contributed by atoms with Gasteiger partial charge in [0.25, 0.3) is 0 Å². The quantitative estimate of drug-likeness (QED) is 0.895. The topological polar surface area (TPSA) is 78.9 Å². The highest BCUT2D eigenvalue weighted by Gasteiger charge is 2.42. The maximum absolute atomic E-state index is 12.4. The van der Waals surface area contributed by atoms with Gasteiger partial charge < -0.3 is 20.1 Å². The van der Waals surface area contributed by atoms with Crippen LogP contribution in [0.5, 0.6) is 5.75 Å². The SMILES string of the molecule is COc1ccc2ccccc2c1CNC(=O)N1CCC(C)(C(=O)O)C1. The van der Waals surface area contributed by atoms with Gasteiger partial charge in [0.1, 0.15) is 5.75 Å². The lowest BCUT2D eigenvalue weighted by Gasteiger charge is -2.21. The van der Waals surface area contributed by atoms with Crippen molar-refractivity contribution in [1.82, 2.24) is 10.2 Å². The number of rotatable bonds is 4. The summed E-state index contributed by atoms with van der Waals surface area (Å²) < 4.78 is 5.43. The van der Waals surface area contributed by atoms with Gasteiger partial charge in [-0.15, -0.1) is 0 Å². The van der Waals surface area contributed by atoms with Crippen LogP contribution in [-0.2, 0) is 11.3 Å². The van der Waals surface area contributed by atoms with Crippen LogP contribution in [0.3, 0.4) is 0 Å². The number of benzene rings is 2. The van der Waals surface area contributed by atoms with Crippen LogP contribution in [0.4, 0.5) is 4.79 Å². The van der Waals surface area contributed by atoms with Crippen LogP contribution >= 0.6 is 0 Å². The summed E-state index contributed by atoms with van der Waals surface area (Å²) in [5.74, 6) is -0.144. The van der Waals surface area contributed by atoms with Crippen molar-refractivity contribution in [3.05, 3.63) is 42.0 Å². The van der Waals surface area contributed by atoms with E-state index in [1.807, 2.05) is 36.4 Å². The first-order chi connectivity index (χ1) is 11.9. The number of hydrogen-bond acceptors (Lipinski definition) is 3. The highest BCUT2D eigenvalue weighted by atomic mass is 16.5. The van der Waals surface area contributed by atoms with Gasteiger partial charge in [0, 0.05) is 25.2 Å². The molecule has 2 aromatic carbocycles. The Morgan fingerprint density at radius 3 is 2.72 bits per heavy atom. The van der Waals surface area contributed by atoms with E-state index in [1.165, 1.54) is 0 Å². The normalized spacial score (nSPS) is 19.8. The number of urea groups is 1. The van der Waals surface area contributed by atoms with Crippen LogP contribution in [0.15, 0.2) is 36.4 Å². The Balaban J connectivity index is 1.75. The summed E-state index contributed by atoms with van der Waals surface area (Å²) in [6.45, 7) is 2.67. The molecule has 2 N–H and O–H groups in total. The van der Waals surface area contributed by atoms with E-state index in [0.29, 0.717) is 19.5 Å². The maximum Gasteiger partial charge on any atom is 0.317 e. The van der Waals surface area contributed by atoms with E-state index in [9.17, 15) is 14.7 Å². The number of aliphatic carboxylic acids is 1. The second-order valence-corrected chi connectivity index (χ2v) is 6.66. The van der Waals surface area contributed by atoms with E-state index in [0.717, 1.165) is 22.1 Å². The van der Waals surface area contributed by atoms with Crippen LogP contribution in [0.2, 0.25) is 0 Å². The Labute approximate surface area is 146 Å². The van der Waals surface area contributed by atoms with E-state index in [4.69, 9.17) is 4.74 Å². The predicted octanol–water partition coefficient (Wildman–Crippen LogP) is 2.85. The van der Waals surface area contributed by atoms with E-state index >= 15 is 0 Å². The molecular formula is C19H22N2O4. The average Bonchev–Trinajstić information content (AvgIpc) is 3.03. The van der Waals surface area contributed by atoms with E-state index in [-0.39, 0.29) is 12.6 Å². The van der Waals surface area contributed by atoms with Crippen LogP contribution in [-0.4, -0.2) is 42.2 Å². The second kappa shape index (κ2) is 6.63. The third-order valence-corrected chi connectivity index (χ3v) is 4.91. The molecule has 0 saturated carbocycles. The van der Waals surface area contributed by atoms with Gasteiger partial charge in [0.05, 0.1) is 12.5 Å². The van der Waals surface area contributed by atoms with Crippen LogP contribution in [0.1, 0.15) is 18.9 Å². The third kappa shape index (κ3) is 3.24. The lowest BCUT2D eigenvalue weighted by Crippen LogP contribution is -2.40. The molecule has 6 heteroatoms. The summed E-state index contributed by atoms with van der Waals surface area (Å²) >= 11 is 0. The number of fused-ring (bicyclic) bond motifs is 1. The molecule has 2 amide bonds. The van der Waals surface area contributed by atoms with Gasteiger partial charge in [-0.1, -0.05) is 30.3 Å². The largest absolute Gasteiger partial charge is 0.496 e. The highest BCUT2D eigenvalue weighted by Crippen LogP contribution is 2.31. The van der Waals surface area contributed by atoms with Crippen molar-refractivity contribution < 1.29 is 19.4 Å². The fourth-order valence-corrected chi connectivity index (χ4v) is 3.27. The number of nitrogens with one attached hydrogen (secondary N) is 1. The lowest BCUT2D eigenvalue weighted by atomic mass is 9.90. The standard InChI is InChI=1S/C19H22N2O4/c1-19(17(22)23)9-10-21(12-19)18(24)20-11-15-14-6-4-3-5-13(14)7-8-16(15)25-2/h3-8H,9-12H2,1-2H3,(H,20,24)(H,22,23). The highest BCUT2D eigenvalue weighted by molar-refractivity contribution is 5.88. The molecular weight excluding hydrogens is 320 g/mol. The van der Waals surface area contributed by atoms with Crippen molar-refractivity contribution in [2.45, 2.75) is 19.9 Å². The Morgan fingerprint density at radius 1 is 1.28 bits per heavy atom. The Kier molecular flexibility index (Phi) is 4.53. The van der Waals surface area contributed by atoms with Gasteiger partial charge in [0.15, 0.2) is 0 Å². The molecule has 6 nitrogen and oxygen atoms in total. The molecule has 25 heavy (non-hydrogen) atoms. The molecule has 2 aromatic rings. The molecule has 1 aliphatic heterocycles. The van der Waals surface area contributed by atoms with Crippen molar-refractivity contribution in [2.24, 2.45) is 5.41 Å².